The largest absolute Gasteiger partial charge is 0.469 e. The molecule has 3 nitrogen and oxygen atoms in total. The monoisotopic (exact) mass is 180 g/mol. The average Bonchev–Trinajstić information content (AvgIpc) is 2.63. The van der Waals surface area contributed by atoms with Gasteiger partial charge >= 0.3 is 5.97 Å². The van der Waals surface area contributed by atoms with Crippen molar-refractivity contribution in [3.05, 3.63) is 23.7 Å². The Morgan fingerprint density at radius 2 is 2.54 bits per heavy atom. The molecule has 0 aliphatic heterocycles. The Morgan fingerprint density at radius 1 is 1.69 bits per heavy atom. The van der Waals surface area contributed by atoms with Crippen molar-refractivity contribution in [1.82, 2.24) is 0 Å². The number of fused-ring (bicyclic) bond motifs is 1. The van der Waals surface area contributed by atoms with E-state index in [1.807, 2.05) is 6.07 Å². The van der Waals surface area contributed by atoms with Gasteiger partial charge in [-0.15, -0.1) is 0 Å². The van der Waals surface area contributed by atoms with E-state index in [1.54, 1.807) is 6.26 Å². The van der Waals surface area contributed by atoms with Gasteiger partial charge in [0.15, 0.2) is 0 Å². The highest BCUT2D eigenvalue weighted by Gasteiger charge is 2.26. The molecule has 1 aromatic heterocycles. The molecule has 1 heterocycles. The van der Waals surface area contributed by atoms with E-state index in [0.29, 0.717) is 0 Å². The summed E-state index contributed by atoms with van der Waals surface area (Å²) in [6, 6.07) is 1.93. The molecule has 0 saturated heterocycles. The van der Waals surface area contributed by atoms with E-state index in [2.05, 4.69) is 0 Å². The molecule has 0 saturated carbocycles. The van der Waals surface area contributed by atoms with E-state index < -0.39 is 0 Å². The summed E-state index contributed by atoms with van der Waals surface area (Å²) < 4.78 is 9.98. The fourth-order valence-electron chi connectivity index (χ4n) is 1.81. The minimum atomic E-state index is -0.105. The molecule has 1 unspecified atom stereocenters. The third-order valence-corrected chi connectivity index (χ3v) is 2.56. The fraction of sp³-hybridized carbons (Fsp3) is 0.500. The van der Waals surface area contributed by atoms with Crippen LogP contribution in [0.3, 0.4) is 0 Å². The summed E-state index contributed by atoms with van der Waals surface area (Å²) in [5, 5.41) is 0. The Hall–Kier alpha value is -1.25. The molecule has 0 spiro atoms. The first-order valence-electron chi connectivity index (χ1n) is 4.44. The second-order valence-corrected chi connectivity index (χ2v) is 3.33. The van der Waals surface area contributed by atoms with Crippen molar-refractivity contribution in [2.45, 2.75) is 19.3 Å². The van der Waals surface area contributed by atoms with Crippen molar-refractivity contribution in [3.63, 3.8) is 0 Å². The van der Waals surface area contributed by atoms with Gasteiger partial charge in [0.05, 0.1) is 19.3 Å². The van der Waals surface area contributed by atoms with Crippen LogP contribution in [0.25, 0.3) is 0 Å². The summed E-state index contributed by atoms with van der Waals surface area (Å²) in [6.45, 7) is 0. The first-order chi connectivity index (χ1) is 6.31. The zero-order valence-electron chi connectivity index (χ0n) is 7.58. The highest BCUT2D eigenvalue weighted by Crippen LogP contribution is 2.26. The summed E-state index contributed by atoms with van der Waals surface area (Å²) in [6.07, 6.45) is 4.14. The lowest BCUT2D eigenvalue weighted by Crippen LogP contribution is -2.22. The molecular formula is C10H12O3. The molecule has 0 aromatic carbocycles. The van der Waals surface area contributed by atoms with Crippen LogP contribution in [0.1, 0.15) is 17.7 Å². The van der Waals surface area contributed by atoms with Crippen LogP contribution in [0.15, 0.2) is 16.7 Å². The van der Waals surface area contributed by atoms with Gasteiger partial charge in [-0.3, -0.25) is 4.79 Å². The van der Waals surface area contributed by atoms with Gasteiger partial charge < -0.3 is 9.15 Å². The molecule has 70 valence electrons. The molecule has 0 fully saturated rings. The number of ether oxygens (including phenoxy) is 1. The molecule has 13 heavy (non-hydrogen) atoms. The summed E-state index contributed by atoms with van der Waals surface area (Å²) in [5.74, 6) is 0.946. The number of esters is 1. The van der Waals surface area contributed by atoms with Gasteiger partial charge in [0.25, 0.3) is 0 Å². The van der Waals surface area contributed by atoms with Crippen LogP contribution < -0.4 is 0 Å². The number of methoxy groups -OCH3 is 1. The van der Waals surface area contributed by atoms with Crippen LogP contribution in [0, 0.1) is 5.92 Å². The summed E-state index contributed by atoms with van der Waals surface area (Å²) in [5.41, 5.74) is 1.15. The number of aryl methyl sites for hydroxylation is 1. The number of hydrogen-bond donors (Lipinski definition) is 0. The minimum Gasteiger partial charge on any atom is -0.469 e. The Kier molecular flexibility index (Phi) is 2.08. The minimum absolute atomic E-state index is 0.0232. The van der Waals surface area contributed by atoms with E-state index in [9.17, 15) is 4.79 Å². The van der Waals surface area contributed by atoms with Gasteiger partial charge in [-0.2, -0.15) is 0 Å². The second kappa shape index (κ2) is 3.24. The summed E-state index contributed by atoms with van der Waals surface area (Å²) in [7, 11) is 1.44. The zero-order valence-corrected chi connectivity index (χ0v) is 7.58. The maximum atomic E-state index is 11.2. The molecule has 1 aliphatic carbocycles. The molecular weight excluding hydrogens is 168 g/mol. The van der Waals surface area contributed by atoms with Gasteiger partial charge in [0, 0.05) is 6.42 Å². The predicted molar refractivity (Wildman–Crippen MR) is 46.2 cm³/mol. The van der Waals surface area contributed by atoms with Crippen molar-refractivity contribution < 1.29 is 13.9 Å². The van der Waals surface area contributed by atoms with Crippen molar-refractivity contribution >= 4 is 5.97 Å². The lowest BCUT2D eigenvalue weighted by molar-refractivity contribution is -0.145. The third kappa shape index (κ3) is 1.46. The number of carbonyl (C=O) groups is 1. The molecule has 1 aromatic rings. The number of hydrogen-bond acceptors (Lipinski definition) is 3. The van der Waals surface area contributed by atoms with Gasteiger partial charge in [-0.1, -0.05) is 0 Å². The first-order valence-corrected chi connectivity index (χ1v) is 4.44. The van der Waals surface area contributed by atoms with Crippen LogP contribution in [-0.4, -0.2) is 13.1 Å². The topological polar surface area (TPSA) is 39.4 Å². The van der Waals surface area contributed by atoms with Crippen molar-refractivity contribution in [2.75, 3.05) is 7.11 Å². The average molecular weight is 180 g/mol. The lowest BCUT2D eigenvalue weighted by Gasteiger charge is -2.18. The van der Waals surface area contributed by atoms with Crippen molar-refractivity contribution in [2.24, 2.45) is 5.92 Å². The predicted octanol–water partition coefficient (Wildman–Crippen LogP) is 1.56. The number of carbonyl (C=O) groups excluding carboxylic acids is 1. The first kappa shape index (κ1) is 8.35. The fourth-order valence-corrected chi connectivity index (χ4v) is 1.81. The van der Waals surface area contributed by atoms with Gasteiger partial charge in [0.2, 0.25) is 0 Å². The number of furan rings is 1. The van der Waals surface area contributed by atoms with Crippen molar-refractivity contribution in [1.29, 1.82) is 0 Å². The summed E-state index contributed by atoms with van der Waals surface area (Å²) >= 11 is 0. The van der Waals surface area contributed by atoms with Crippen LogP contribution in [0.2, 0.25) is 0 Å². The maximum Gasteiger partial charge on any atom is 0.309 e. The SMILES string of the molecule is COC(=O)C1CCc2occc2C1. The Morgan fingerprint density at radius 3 is 3.31 bits per heavy atom. The highest BCUT2D eigenvalue weighted by atomic mass is 16.5. The van der Waals surface area contributed by atoms with E-state index in [4.69, 9.17) is 9.15 Å². The molecule has 0 N–H and O–H groups in total. The molecule has 1 aliphatic rings. The van der Waals surface area contributed by atoms with E-state index in [-0.39, 0.29) is 11.9 Å². The second-order valence-electron chi connectivity index (χ2n) is 3.33. The summed E-state index contributed by atoms with van der Waals surface area (Å²) in [4.78, 5) is 11.2. The molecule has 0 radical (unpaired) electrons. The van der Waals surface area contributed by atoms with Gasteiger partial charge in [-0.25, -0.2) is 0 Å². The van der Waals surface area contributed by atoms with Crippen LogP contribution in [0.4, 0.5) is 0 Å². The van der Waals surface area contributed by atoms with Crippen molar-refractivity contribution in [3.8, 4) is 0 Å². The number of rotatable bonds is 1. The Bertz CT molecular complexity index is 314. The molecule has 0 amide bonds. The van der Waals surface area contributed by atoms with Crippen LogP contribution >= 0.6 is 0 Å². The zero-order chi connectivity index (χ0) is 9.26. The highest BCUT2D eigenvalue weighted by molar-refractivity contribution is 5.73. The van der Waals surface area contributed by atoms with Gasteiger partial charge in [-0.05, 0) is 24.5 Å². The van der Waals surface area contributed by atoms with Crippen LogP contribution in [-0.2, 0) is 22.4 Å². The van der Waals surface area contributed by atoms with E-state index in [1.165, 1.54) is 7.11 Å². The third-order valence-electron chi connectivity index (χ3n) is 2.56. The smallest absolute Gasteiger partial charge is 0.309 e. The Balaban J connectivity index is 2.13. The molecule has 3 heteroatoms. The molecule has 0 bridgehead atoms. The standard InChI is InChI=1S/C10H12O3/c1-12-10(11)8-2-3-9-7(6-8)4-5-13-9/h4-5,8H,2-3,6H2,1H3. The molecule has 1 atom stereocenters. The molecule has 2 rings (SSSR count). The van der Waals surface area contributed by atoms with E-state index >= 15 is 0 Å². The Labute approximate surface area is 76.7 Å². The van der Waals surface area contributed by atoms with E-state index in [0.717, 1.165) is 30.6 Å². The normalized spacial score (nSPS) is 20.8. The lowest BCUT2D eigenvalue weighted by atomic mass is 9.88. The van der Waals surface area contributed by atoms with Crippen LogP contribution in [0.5, 0.6) is 0 Å². The quantitative estimate of drug-likeness (QED) is 0.615. The van der Waals surface area contributed by atoms with Gasteiger partial charge in [0.1, 0.15) is 5.76 Å². The maximum absolute atomic E-state index is 11.2.